The molecule has 5 nitrogen and oxygen atoms in total. The van der Waals surface area contributed by atoms with E-state index >= 15 is 0 Å². The molecule has 136 valence electrons. The van der Waals surface area contributed by atoms with Crippen LogP contribution in [-0.2, 0) is 16.1 Å². The molecule has 0 spiro atoms. The lowest BCUT2D eigenvalue weighted by atomic mass is 9.97. The van der Waals surface area contributed by atoms with Gasteiger partial charge in [-0.25, -0.2) is 13.8 Å². The van der Waals surface area contributed by atoms with E-state index in [4.69, 9.17) is 0 Å². The van der Waals surface area contributed by atoms with Crippen molar-refractivity contribution in [2.75, 3.05) is 26.3 Å². The van der Waals surface area contributed by atoms with E-state index in [0.29, 0.717) is 13.1 Å². The van der Waals surface area contributed by atoms with Crippen molar-refractivity contribution in [2.45, 2.75) is 44.6 Å². The molecule has 0 radical (unpaired) electrons. The highest BCUT2D eigenvalue weighted by Crippen LogP contribution is 2.26. The van der Waals surface area contributed by atoms with Gasteiger partial charge in [0.15, 0.2) is 0 Å². The van der Waals surface area contributed by atoms with E-state index in [-0.39, 0.29) is 5.92 Å². The van der Waals surface area contributed by atoms with Crippen LogP contribution in [0.5, 0.6) is 0 Å². The molecular weight excluding hydrogens is 330 g/mol. The maximum atomic E-state index is 12.8. The number of piperidine rings is 1. The van der Waals surface area contributed by atoms with Gasteiger partial charge in [-0.15, -0.1) is 0 Å². The highest BCUT2D eigenvalue weighted by molar-refractivity contribution is 5.77. The zero-order valence-electron chi connectivity index (χ0n) is 13.4. The van der Waals surface area contributed by atoms with Crippen LogP contribution in [0.4, 0.5) is 17.6 Å². The van der Waals surface area contributed by atoms with Gasteiger partial charge in [0.05, 0.1) is 0 Å². The van der Waals surface area contributed by atoms with Crippen LogP contribution in [0, 0.1) is 0 Å². The van der Waals surface area contributed by atoms with Crippen LogP contribution in [0.2, 0.25) is 0 Å². The Labute approximate surface area is 137 Å². The van der Waals surface area contributed by atoms with Crippen LogP contribution in [-0.4, -0.2) is 59.0 Å². The van der Waals surface area contributed by atoms with Crippen LogP contribution < -0.4 is 0 Å². The van der Waals surface area contributed by atoms with E-state index in [0.717, 1.165) is 25.2 Å². The molecule has 1 fully saturated rings. The normalized spacial score (nSPS) is 19.1. The summed E-state index contributed by atoms with van der Waals surface area (Å²) in [5.74, 6) is -3.75. The topological polar surface area (TPSA) is 47.4 Å². The van der Waals surface area contributed by atoms with Gasteiger partial charge in [-0.05, 0) is 19.8 Å². The predicted octanol–water partition coefficient (Wildman–Crippen LogP) is 2.53. The van der Waals surface area contributed by atoms with Crippen LogP contribution in [0.25, 0.3) is 0 Å². The average Bonchev–Trinajstić information content (AvgIpc) is 3.03. The fourth-order valence-electron chi connectivity index (χ4n) is 2.79. The standard InChI is InChI=1S/C15H21F4N3O2/c1-2-21-7-5-20-13(21)11-4-3-6-22(8-11)12(23)9-24-10-15(18,19)14(16)17/h5,7,11,14H,2-4,6,8-10H2,1H3/t11-/m0/s1. The maximum Gasteiger partial charge on any atom is 0.330 e. The number of aryl methyl sites for hydroxylation is 1. The number of halogens is 4. The van der Waals surface area contributed by atoms with Crippen LogP contribution in [0.1, 0.15) is 31.5 Å². The summed E-state index contributed by atoms with van der Waals surface area (Å²) in [6.45, 7) is 1.59. The van der Waals surface area contributed by atoms with Gasteiger partial charge < -0.3 is 14.2 Å². The van der Waals surface area contributed by atoms with Gasteiger partial charge in [-0.3, -0.25) is 4.79 Å². The van der Waals surface area contributed by atoms with Crippen LogP contribution in [0.15, 0.2) is 12.4 Å². The molecule has 0 N–H and O–H groups in total. The molecule has 1 aromatic heterocycles. The van der Waals surface area contributed by atoms with Crippen LogP contribution >= 0.6 is 0 Å². The summed E-state index contributed by atoms with van der Waals surface area (Å²) >= 11 is 0. The van der Waals surface area contributed by atoms with Gasteiger partial charge in [0.2, 0.25) is 5.91 Å². The number of rotatable bonds is 7. The first-order chi connectivity index (χ1) is 11.3. The number of nitrogens with zero attached hydrogens (tertiary/aromatic N) is 3. The summed E-state index contributed by atoms with van der Waals surface area (Å²) in [6.07, 6.45) is 1.41. The summed E-state index contributed by atoms with van der Waals surface area (Å²) in [4.78, 5) is 17.9. The summed E-state index contributed by atoms with van der Waals surface area (Å²) in [5, 5.41) is 0. The van der Waals surface area contributed by atoms with Gasteiger partial charge >= 0.3 is 12.3 Å². The quantitative estimate of drug-likeness (QED) is 0.710. The average molecular weight is 351 g/mol. The molecule has 1 aliphatic heterocycles. The summed E-state index contributed by atoms with van der Waals surface area (Å²) in [5.41, 5.74) is 0. The number of carbonyl (C=O) groups is 1. The Morgan fingerprint density at radius 1 is 1.50 bits per heavy atom. The minimum absolute atomic E-state index is 0.0696. The zero-order valence-corrected chi connectivity index (χ0v) is 13.4. The molecule has 1 aromatic rings. The van der Waals surface area contributed by atoms with Crippen molar-refractivity contribution in [3.63, 3.8) is 0 Å². The van der Waals surface area contributed by atoms with Crippen molar-refractivity contribution in [3.8, 4) is 0 Å². The second kappa shape index (κ2) is 7.96. The smallest absolute Gasteiger partial charge is 0.330 e. The van der Waals surface area contributed by atoms with Crippen molar-refractivity contribution in [3.05, 3.63) is 18.2 Å². The van der Waals surface area contributed by atoms with Gasteiger partial charge in [0.1, 0.15) is 19.0 Å². The molecule has 0 unspecified atom stereocenters. The summed E-state index contributed by atoms with van der Waals surface area (Å²) < 4.78 is 56.1. The number of alkyl halides is 4. The zero-order chi connectivity index (χ0) is 17.7. The number of imidazole rings is 1. The first-order valence-electron chi connectivity index (χ1n) is 7.87. The predicted molar refractivity (Wildman–Crippen MR) is 78.2 cm³/mol. The molecular formula is C15H21F4N3O2. The van der Waals surface area contributed by atoms with Gasteiger partial charge in [0, 0.05) is 37.9 Å². The molecule has 24 heavy (non-hydrogen) atoms. The first kappa shape index (κ1) is 18.7. The van der Waals surface area contributed by atoms with Gasteiger partial charge in [-0.2, -0.15) is 8.78 Å². The molecule has 0 aromatic carbocycles. The molecule has 0 saturated carbocycles. The van der Waals surface area contributed by atoms with Crippen molar-refractivity contribution >= 4 is 5.91 Å². The van der Waals surface area contributed by atoms with E-state index in [9.17, 15) is 22.4 Å². The van der Waals surface area contributed by atoms with E-state index in [1.54, 1.807) is 6.20 Å². The Balaban J connectivity index is 1.87. The lowest BCUT2D eigenvalue weighted by Crippen LogP contribution is -2.42. The Kier molecular flexibility index (Phi) is 6.20. The van der Waals surface area contributed by atoms with E-state index < -0.39 is 31.5 Å². The number of likely N-dealkylation sites (tertiary alicyclic amines) is 1. The summed E-state index contributed by atoms with van der Waals surface area (Å²) in [7, 11) is 0. The molecule has 2 rings (SSSR count). The monoisotopic (exact) mass is 351 g/mol. The lowest BCUT2D eigenvalue weighted by molar-refractivity contribution is -0.171. The second-order valence-corrected chi connectivity index (χ2v) is 5.80. The number of ether oxygens (including phenoxy) is 1. The lowest BCUT2D eigenvalue weighted by Gasteiger charge is -2.32. The number of hydrogen-bond acceptors (Lipinski definition) is 3. The maximum absolute atomic E-state index is 12.8. The highest BCUT2D eigenvalue weighted by atomic mass is 19.3. The van der Waals surface area contributed by atoms with Gasteiger partial charge in [0.25, 0.3) is 0 Å². The van der Waals surface area contributed by atoms with E-state index in [2.05, 4.69) is 9.72 Å². The molecule has 9 heteroatoms. The van der Waals surface area contributed by atoms with Crippen LogP contribution in [0.3, 0.4) is 0 Å². The SMILES string of the molecule is CCn1ccnc1[C@H]1CCCN(C(=O)COCC(F)(F)C(F)F)C1. The number of carbonyl (C=O) groups excluding carboxylic acids is 1. The molecule has 0 aliphatic carbocycles. The third kappa shape index (κ3) is 4.46. The van der Waals surface area contributed by atoms with Crippen molar-refractivity contribution in [2.24, 2.45) is 0 Å². The molecule has 1 atom stereocenters. The second-order valence-electron chi connectivity index (χ2n) is 5.80. The Morgan fingerprint density at radius 2 is 2.25 bits per heavy atom. The Hall–Kier alpha value is -1.64. The summed E-state index contributed by atoms with van der Waals surface area (Å²) in [6, 6.07) is 0. The van der Waals surface area contributed by atoms with Crippen molar-refractivity contribution < 1.29 is 27.1 Å². The first-order valence-corrected chi connectivity index (χ1v) is 7.87. The Morgan fingerprint density at radius 3 is 2.92 bits per heavy atom. The fourth-order valence-corrected chi connectivity index (χ4v) is 2.79. The largest absolute Gasteiger partial charge is 0.365 e. The van der Waals surface area contributed by atoms with Crippen molar-refractivity contribution in [1.82, 2.24) is 14.5 Å². The molecule has 2 heterocycles. The third-order valence-corrected chi connectivity index (χ3v) is 4.07. The minimum Gasteiger partial charge on any atom is -0.365 e. The molecule has 0 bridgehead atoms. The highest BCUT2D eigenvalue weighted by Gasteiger charge is 2.41. The van der Waals surface area contributed by atoms with Crippen molar-refractivity contribution in [1.29, 1.82) is 0 Å². The molecule has 1 aliphatic rings. The van der Waals surface area contributed by atoms with Gasteiger partial charge in [-0.1, -0.05) is 0 Å². The Bertz CT molecular complexity index is 551. The number of amides is 1. The number of aromatic nitrogens is 2. The molecule has 1 amide bonds. The number of hydrogen-bond donors (Lipinski definition) is 0. The third-order valence-electron chi connectivity index (χ3n) is 4.07. The molecule has 1 saturated heterocycles. The minimum atomic E-state index is -4.24. The fraction of sp³-hybridized carbons (Fsp3) is 0.733. The van der Waals surface area contributed by atoms with E-state index in [1.807, 2.05) is 17.7 Å². The van der Waals surface area contributed by atoms with E-state index in [1.165, 1.54) is 4.90 Å².